The van der Waals surface area contributed by atoms with Gasteiger partial charge in [0.1, 0.15) is 10.6 Å². The number of hydrogen-bond acceptors (Lipinski definition) is 7. The van der Waals surface area contributed by atoms with Gasteiger partial charge < -0.3 is 20.0 Å². The molecule has 136 valence electrons. The number of H-pyrrole nitrogens is 1. The van der Waals surface area contributed by atoms with Crippen molar-refractivity contribution in [2.45, 2.75) is 36.1 Å². The van der Waals surface area contributed by atoms with Gasteiger partial charge in [-0.05, 0) is 18.9 Å². The Bertz CT molecular complexity index is 847. The summed E-state index contributed by atoms with van der Waals surface area (Å²) in [5.74, 6) is 0.724. The van der Waals surface area contributed by atoms with Crippen LogP contribution in [-0.4, -0.2) is 54.2 Å². The van der Waals surface area contributed by atoms with Gasteiger partial charge in [0, 0.05) is 19.3 Å². The van der Waals surface area contributed by atoms with Crippen LogP contribution in [0.4, 0.5) is 0 Å². The van der Waals surface area contributed by atoms with Gasteiger partial charge in [-0.2, -0.15) is 9.29 Å². The molecule has 1 saturated carbocycles. The Labute approximate surface area is 145 Å². The summed E-state index contributed by atoms with van der Waals surface area (Å²) in [6, 6.07) is 1.51. The zero-order chi connectivity index (χ0) is 17.5. The van der Waals surface area contributed by atoms with Crippen LogP contribution < -0.4 is 5.73 Å². The van der Waals surface area contributed by atoms with E-state index in [-0.39, 0.29) is 10.8 Å². The third-order valence-electron chi connectivity index (χ3n) is 4.86. The number of nitrogens with two attached hydrogens (primary N) is 1. The van der Waals surface area contributed by atoms with Crippen LogP contribution in [-0.2, 0) is 20.3 Å². The van der Waals surface area contributed by atoms with Gasteiger partial charge in [0.15, 0.2) is 5.82 Å². The van der Waals surface area contributed by atoms with E-state index >= 15 is 0 Å². The van der Waals surface area contributed by atoms with Gasteiger partial charge in [0.05, 0.1) is 18.8 Å². The molecular weight excluding hydrogens is 346 g/mol. The number of nitrogens with one attached hydrogen (secondary N) is 1. The first-order valence-corrected chi connectivity index (χ1v) is 9.83. The summed E-state index contributed by atoms with van der Waals surface area (Å²) in [7, 11) is -3.56. The minimum absolute atomic E-state index is 0.174. The molecule has 2 fully saturated rings. The number of ether oxygens (including phenoxy) is 1. The fourth-order valence-electron chi connectivity index (χ4n) is 3.35. The molecule has 2 aromatic heterocycles. The first-order valence-electron chi connectivity index (χ1n) is 8.39. The van der Waals surface area contributed by atoms with E-state index < -0.39 is 15.6 Å². The number of hydrogen-bond donors (Lipinski definition) is 2. The van der Waals surface area contributed by atoms with E-state index in [1.807, 2.05) is 0 Å². The Morgan fingerprint density at radius 3 is 2.68 bits per heavy atom. The summed E-state index contributed by atoms with van der Waals surface area (Å²) in [6.07, 6.45) is 5.19. The van der Waals surface area contributed by atoms with E-state index in [0.29, 0.717) is 37.8 Å². The van der Waals surface area contributed by atoms with Gasteiger partial charge in [0.25, 0.3) is 5.89 Å². The van der Waals surface area contributed by atoms with Gasteiger partial charge >= 0.3 is 0 Å². The number of aromatic nitrogens is 3. The smallest absolute Gasteiger partial charge is 0.274 e. The Hall–Kier alpha value is -1.75. The molecular formula is C15H21N5O4S. The lowest BCUT2D eigenvalue weighted by Gasteiger charge is -2.25. The van der Waals surface area contributed by atoms with Gasteiger partial charge in [-0.15, -0.1) is 0 Å². The molecule has 1 aliphatic carbocycles. The molecule has 0 unspecified atom stereocenters. The lowest BCUT2D eigenvalue weighted by molar-refractivity contribution is 0.0730. The summed E-state index contributed by atoms with van der Waals surface area (Å²) < 4.78 is 37.2. The molecule has 1 saturated heterocycles. The van der Waals surface area contributed by atoms with Gasteiger partial charge in [-0.1, -0.05) is 18.0 Å². The molecule has 0 aromatic carbocycles. The first-order chi connectivity index (χ1) is 12.0. The van der Waals surface area contributed by atoms with E-state index in [2.05, 4.69) is 15.1 Å². The van der Waals surface area contributed by atoms with Crippen molar-refractivity contribution in [1.29, 1.82) is 0 Å². The zero-order valence-corrected chi connectivity index (χ0v) is 14.6. The van der Waals surface area contributed by atoms with E-state index in [0.717, 1.165) is 25.7 Å². The third-order valence-corrected chi connectivity index (χ3v) is 6.74. The van der Waals surface area contributed by atoms with Crippen molar-refractivity contribution >= 4 is 10.0 Å². The lowest BCUT2D eigenvalue weighted by atomic mass is 9.99. The normalized spacial score (nSPS) is 21.6. The second-order valence-electron chi connectivity index (χ2n) is 6.55. The Balaban J connectivity index is 1.58. The summed E-state index contributed by atoms with van der Waals surface area (Å²) >= 11 is 0. The minimum Gasteiger partial charge on any atom is -0.379 e. The lowest BCUT2D eigenvalue weighted by Crippen LogP contribution is -2.40. The zero-order valence-electron chi connectivity index (χ0n) is 13.8. The summed E-state index contributed by atoms with van der Waals surface area (Å²) in [5.41, 5.74) is 6.25. The minimum atomic E-state index is -3.56. The van der Waals surface area contributed by atoms with Gasteiger partial charge in [-0.25, -0.2) is 8.42 Å². The molecule has 0 amide bonds. The molecule has 3 heterocycles. The predicted molar refractivity (Wildman–Crippen MR) is 88.0 cm³/mol. The molecule has 1 aliphatic heterocycles. The van der Waals surface area contributed by atoms with E-state index in [4.69, 9.17) is 15.0 Å². The average molecular weight is 367 g/mol. The Kier molecular flexibility index (Phi) is 4.14. The molecule has 4 rings (SSSR count). The highest BCUT2D eigenvalue weighted by molar-refractivity contribution is 7.89. The van der Waals surface area contributed by atoms with E-state index in [1.165, 1.54) is 16.6 Å². The SMILES string of the molecule is NC1(c2noc(-c3cc(S(=O)(=O)N4CCOCC4)c[nH]3)n2)CCCC1. The Morgan fingerprint density at radius 2 is 1.96 bits per heavy atom. The van der Waals surface area contributed by atoms with Crippen molar-refractivity contribution in [3.8, 4) is 11.6 Å². The average Bonchev–Trinajstić information content (AvgIpc) is 3.35. The summed E-state index contributed by atoms with van der Waals surface area (Å²) in [6.45, 7) is 1.51. The molecule has 3 N–H and O–H groups in total. The van der Waals surface area contributed by atoms with Crippen molar-refractivity contribution in [3.63, 3.8) is 0 Å². The molecule has 0 spiro atoms. The maximum Gasteiger partial charge on any atom is 0.274 e. The third kappa shape index (κ3) is 2.99. The largest absolute Gasteiger partial charge is 0.379 e. The Morgan fingerprint density at radius 1 is 1.24 bits per heavy atom. The maximum atomic E-state index is 12.7. The van der Waals surface area contributed by atoms with Crippen LogP contribution in [0.5, 0.6) is 0 Å². The van der Waals surface area contributed by atoms with E-state index in [9.17, 15) is 8.42 Å². The van der Waals surface area contributed by atoms with Crippen molar-refractivity contribution in [2.24, 2.45) is 5.73 Å². The van der Waals surface area contributed by atoms with Gasteiger partial charge in [-0.3, -0.25) is 0 Å². The van der Waals surface area contributed by atoms with Crippen molar-refractivity contribution in [2.75, 3.05) is 26.3 Å². The fraction of sp³-hybridized carbons (Fsp3) is 0.600. The molecule has 10 heteroatoms. The second-order valence-corrected chi connectivity index (χ2v) is 8.49. The predicted octanol–water partition coefficient (Wildman–Crippen LogP) is 0.814. The highest BCUT2D eigenvalue weighted by Crippen LogP contribution is 2.35. The number of morpholine rings is 1. The number of nitrogens with zero attached hydrogens (tertiary/aromatic N) is 3. The van der Waals surface area contributed by atoms with Crippen LogP contribution in [0.3, 0.4) is 0 Å². The molecule has 25 heavy (non-hydrogen) atoms. The van der Waals surface area contributed by atoms with Crippen LogP contribution in [0.15, 0.2) is 21.7 Å². The molecule has 0 bridgehead atoms. The molecule has 9 nitrogen and oxygen atoms in total. The van der Waals surface area contributed by atoms with Crippen LogP contribution in [0.25, 0.3) is 11.6 Å². The number of rotatable bonds is 4. The summed E-state index contributed by atoms with van der Waals surface area (Å²) in [4.78, 5) is 7.46. The maximum absolute atomic E-state index is 12.7. The van der Waals surface area contributed by atoms with Crippen LogP contribution in [0, 0.1) is 0 Å². The van der Waals surface area contributed by atoms with Gasteiger partial charge in [0.2, 0.25) is 10.0 Å². The highest BCUT2D eigenvalue weighted by atomic mass is 32.2. The van der Waals surface area contributed by atoms with Crippen molar-refractivity contribution in [3.05, 3.63) is 18.1 Å². The fourth-order valence-corrected chi connectivity index (χ4v) is 4.75. The molecule has 0 radical (unpaired) electrons. The first kappa shape index (κ1) is 16.7. The quantitative estimate of drug-likeness (QED) is 0.818. The molecule has 2 aliphatic rings. The highest BCUT2D eigenvalue weighted by Gasteiger charge is 2.36. The van der Waals surface area contributed by atoms with Crippen LogP contribution >= 0.6 is 0 Å². The van der Waals surface area contributed by atoms with E-state index in [1.54, 1.807) is 0 Å². The topological polar surface area (TPSA) is 127 Å². The van der Waals surface area contributed by atoms with Crippen LogP contribution in [0.2, 0.25) is 0 Å². The number of sulfonamides is 1. The van der Waals surface area contributed by atoms with Crippen molar-refractivity contribution in [1.82, 2.24) is 19.4 Å². The standard InChI is InChI=1S/C15H21N5O4S/c16-15(3-1-2-4-15)14-18-13(24-19-14)12-9-11(10-17-12)25(21,22)20-5-7-23-8-6-20/h9-10,17H,1-8,16H2. The van der Waals surface area contributed by atoms with Crippen molar-refractivity contribution < 1.29 is 17.7 Å². The summed E-state index contributed by atoms with van der Waals surface area (Å²) in [5, 5.41) is 4.00. The van der Waals surface area contributed by atoms with Crippen LogP contribution in [0.1, 0.15) is 31.5 Å². The second kappa shape index (κ2) is 6.20. The molecule has 2 aromatic rings. The molecule has 0 atom stereocenters. The monoisotopic (exact) mass is 367 g/mol. The number of aromatic amines is 1.